The summed E-state index contributed by atoms with van der Waals surface area (Å²) < 4.78 is 0. The fraction of sp³-hybridized carbons (Fsp3) is 0.467. The van der Waals surface area contributed by atoms with Crippen LogP contribution in [0, 0.1) is 5.92 Å². The molecule has 0 bridgehead atoms. The summed E-state index contributed by atoms with van der Waals surface area (Å²) in [7, 11) is 0. The summed E-state index contributed by atoms with van der Waals surface area (Å²) in [5.74, 6) is -0.220. The van der Waals surface area contributed by atoms with Gasteiger partial charge in [0.1, 0.15) is 0 Å². The molecular weight excluding hydrogens is 254 g/mol. The number of hydrogen-bond acceptors (Lipinski definition) is 2. The van der Waals surface area contributed by atoms with Crippen molar-refractivity contribution in [3.8, 4) is 0 Å². The summed E-state index contributed by atoms with van der Waals surface area (Å²) in [6, 6.07) is 7.38. The number of anilines is 1. The van der Waals surface area contributed by atoms with Crippen molar-refractivity contribution in [1.29, 1.82) is 0 Å². The van der Waals surface area contributed by atoms with Crippen LogP contribution in [0.3, 0.4) is 0 Å². The number of likely N-dealkylation sites (tertiary alicyclic amines) is 1. The largest absolute Gasteiger partial charge is 0.351 e. The van der Waals surface area contributed by atoms with Gasteiger partial charge in [-0.1, -0.05) is 19.1 Å². The Morgan fingerprint density at radius 3 is 2.65 bits per heavy atom. The highest BCUT2D eigenvalue weighted by Gasteiger charge is 2.27. The average Bonchev–Trinajstić information content (AvgIpc) is 2.48. The number of carbonyl (C=O) groups excluding carboxylic acids is 2. The van der Waals surface area contributed by atoms with Crippen LogP contribution < -0.4 is 11.1 Å². The Kier molecular flexibility index (Phi) is 4.61. The maximum atomic E-state index is 12.2. The molecule has 1 saturated heterocycles. The van der Waals surface area contributed by atoms with Crippen LogP contribution in [0.2, 0.25) is 0 Å². The molecule has 1 heterocycles. The van der Waals surface area contributed by atoms with Crippen molar-refractivity contribution in [2.45, 2.75) is 26.2 Å². The lowest BCUT2D eigenvalue weighted by atomic mass is 9.97. The molecular formula is C15H21N3O2. The minimum atomic E-state index is -0.449. The molecule has 0 radical (unpaired) electrons. The smallest absolute Gasteiger partial charge is 0.314 e. The van der Waals surface area contributed by atoms with Crippen molar-refractivity contribution in [2.75, 3.05) is 18.4 Å². The topological polar surface area (TPSA) is 75.4 Å². The first kappa shape index (κ1) is 14.4. The SMILES string of the molecule is CCc1ccc(NC(=O)[C@@H]2CCCN(C(N)=O)C2)cc1. The van der Waals surface area contributed by atoms with E-state index in [1.807, 2.05) is 24.3 Å². The molecule has 1 fully saturated rings. The summed E-state index contributed by atoms with van der Waals surface area (Å²) in [5, 5.41) is 2.90. The normalized spacial score (nSPS) is 18.6. The van der Waals surface area contributed by atoms with Crippen molar-refractivity contribution in [2.24, 2.45) is 11.7 Å². The van der Waals surface area contributed by atoms with E-state index in [0.717, 1.165) is 24.9 Å². The van der Waals surface area contributed by atoms with E-state index >= 15 is 0 Å². The van der Waals surface area contributed by atoms with Crippen LogP contribution in [0.5, 0.6) is 0 Å². The summed E-state index contributed by atoms with van der Waals surface area (Å²) in [6.45, 7) is 3.15. The van der Waals surface area contributed by atoms with Crippen LogP contribution in [0.4, 0.5) is 10.5 Å². The number of nitrogens with two attached hydrogens (primary N) is 1. The lowest BCUT2D eigenvalue weighted by Gasteiger charge is -2.30. The minimum Gasteiger partial charge on any atom is -0.351 e. The fourth-order valence-electron chi connectivity index (χ4n) is 2.46. The standard InChI is InChI=1S/C15H21N3O2/c1-2-11-5-7-13(8-6-11)17-14(19)12-4-3-9-18(10-12)15(16)20/h5-8,12H,2-4,9-10H2,1H3,(H2,16,20)(H,17,19)/t12-/m1/s1. The molecule has 0 spiro atoms. The van der Waals surface area contributed by atoms with Crippen LogP contribution in [-0.2, 0) is 11.2 Å². The van der Waals surface area contributed by atoms with E-state index in [-0.39, 0.29) is 11.8 Å². The van der Waals surface area contributed by atoms with E-state index in [0.29, 0.717) is 13.1 Å². The van der Waals surface area contributed by atoms with Crippen LogP contribution >= 0.6 is 0 Å². The van der Waals surface area contributed by atoms with Gasteiger partial charge in [0.2, 0.25) is 5.91 Å². The molecule has 5 heteroatoms. The molecule has 3 N–H and O–H groups in total. The van der Waals surface area contributed by atoms with E-state index in [1.54, 1.807) is 0 Å². The number of hydrogen-bond donors (Lipinski definition) is 2. The van der Waals surface area contributed by atoms with Gasteiger partial charge in [-0.15, -0.1) is 0 Å². The molecule has 2 rings (SSSR count). The molecule has 1 aliphatic heterocycles. The molecule has 1 aromatic carbocycles. The first-order valence-electron chi connectivity index (χ1n) is 7.04. The molecule has 1 atom stereocenters. The van der Waals surface area contributed by atoms with E-state index < -0.39 is 6.03 Å². The van der Waals surface area contributed by atoms with Crippen molar-refractivity contribution in [3.05, 3.63) is 29.8 Å². The van der Waals surface area contributed by atoms with Gasteiger partial charge >= 0.3 is 6.03 Å². The van der Waals surface area contributed by atoms with Gasteiger partial charge in [0.05, 0.1) is 5.92 Å². The van der Waals surface area contributed by atoms with Crippen LogP contribution in [-0.4, -0.2) is 29.9 Å². The number of nitrogens with one attached hydrogen (secondary N) is 1. The van der Waals surface area contributed by atoms with Crippen molar-refractivity contribution < 1.29 is 9.59 Å². The molecule has 5 nitrogen and oxygen atoms in total. The number of benzene rings is 1. The maximum absolute atomic E-state index is 12.2. The highest BCUT2D eigenvalue weighted by Crippen LogP contribution is 2.19. The third kappa shape index (κ3) is 3.50. The number of carbonyl (C=O) groups is 2. The molecule has 0 aromatic heterocycles. The molecule has 0 saturated carbocycles. The predicted octanol–water partition coefficient (Wildman–Crippen LogP) is 1.98. The highest BCUT2D eigenvalue weighted by molar-refractivity contribution is 5.93. The number of nitrogens with zero attached hydrogens (tertiary/aromatic N) is 1. The summed E-state index contributed by atoms with van der Waals surface area (Å²) >= 11 is 0. The van der Waals surface area contributed by atoms with E-state index in [9.17, 15) is 9.59 Å². The van der Waals surface area contributed by atoms with Crippen LogP contribution in [0.25, 0.3) is 0 Å². The van der Waals surface area contributed by atoms with E-state index in [4.69, 9.17) is 5.73 Å². The van der Waals surface area contributed by atoms with Crippen molar-refractivity contribution >= 4 is 17.6 Å². The molecule has 1 aliphatic rings. The van der Waals surface area contributed by atoms with Gasteiger partial charge in [0.15, 0.2) is 0 Å². The van der Waals surface area contributed by atoms with E-state index in [2.05, 4.69) is 12.2 Å². The van der Waals surface area contributed by atoms with Gasteiger partial charge in [-0.05, 0) is 37.0 Å². The van der Waals surface area contributed by atoms with Crippen molar-refractivity contribution in [3.63, 3.8) is 0 Å². The highest BCUT2D eigenvalue weighted by atomic mass is 16.2. The Balaban J connectivity index is 1.95. The Hall–Kier alpha value is -2.04. The van der Waals surface area contributed by atoms with E-state index in [1.165, 1.54) is 10.5 Å². The lowest BCUT2D eigenvalue weighted by molar-refractivity contribution is -0.121. The number of amides is 3. The quantitative estimate of drug-likeness (QED) is 0.885. The second kappa shape index (κ2) is 6.41. The lowest BCUT2D eigenvalue weighted by Crippen LogP contribution is -2.46. The van der Waals surface area contributed by atoms with Crippen LogP contribution in [0.1, 0.15) is 25.3 Å². The number of rotatable bonds is 3. The zero-order chi connectivity index (χ0) is 14.5. The van der Waals surface area contributed by atoms with Gasteiger partial charge in [0, 0.05) is 18.8 Å². The zero-order valence-corrected chi connectivity index (χ0v) is 11.8. The second-order valence-electron chi connectivity index (χ2n) is 5.16. The second-order valence-corrected chi connectivity index (χ2v) is 5.16. The molecule has 108 valence electrons. The number of aryl methyl sites for hydroxylation is 1. The first-order chi connectivity index (χ1) is 9.60. The summed E-state index contributed by atoms with van der Waals surface area (Å²) in [5.41, 5.74) is 7.30. The summed E-state index contributed by atoms with van der Waals surface area (Å²) in [6.07, 6.45) is 2.59. The number of urea groups is 1. The number of primary amides is 1. The molecule has 0 unspecified atom stereocenters. The Bertz CT molecular complexity index is 484. The third-order valence-electron chi connectivity index (χ3n) is 3.73. The zero-order valence-electron chi connectivity index (χ0n) is 11.8. The Morgan fingerprint density at radius 1 is 1.35 bits per heavy atom. The third-order valence-corrected chi connectivity index (χ3v) is 3.73. The molecule has 0 aliphatic carbocycles. The predicted molar refractivity (Wildman–Crippen MR) is 78.3 cm³/mol. The maximum Gasteiger partial charge on any atom is 0.314 e. The van der Waals surface area contributed by atoms with Gasteiger partial charge < -0.3 is 16.0 Å². The minimum absolute atomic E-state index is 0.0415. The molecule has 20 heavy (non-hydrogen) atoms. The van der Waals surface area contributed by atoms with Gasteiger partial charge in [0.25, 0.3) is 0 Å². The van der Waals surface area contributed by atoms with Crippen LogP contribution in [0.15, 0.2) is 24.3 Å². The van der Waals surface area contributed by atoms with Gasteiger partial charge in [-0.2, -0.15) is 0 Å². The molecule has 1 aromatic rings. The average molecular weight is 275 g/mol. The summed E-state index contributed by atoms with van der Waals surface area (Å²) in [4.78, 5) is 24.9. The van der Waals surface area contributed by atoms with Gasteiger partial charge in [-0.3, -0.25) is 4.79 Å². The monoisotopic (exact) mass is 275 g/mol. The number of piperidine rings is 1. The molecule has 3 amide bonds. The first-order valence-corrected chi connectivity index (χ1v) is 7.04. The fourth-order valence-corrected chi connectivity index (χ4v) is 2.46. The Labute approximate surface area is 119 Å². The van der Waals surface area contributed by atoms with Crippen molar-refractivity contribution in [1.82, 2.24) is 4.90 Å². The van der Waals surface area contributed by atoms with Gasteiger partial charge in [-0.25, -0.2) is 4.79 Å². The Morgan fingerprint density at radius 2 is 2.05 bits per heavy atom.